The van der Waals surface area contributed by atoms with E-state index in [9.17, 15) is 18.0 Å². The van der Waals surface area contributed by atoms with E-state index in [-0.39, 0.29) is 22.9 Å². The number of carbonyl (C=O) groups is 2. The summed E-state index contributed by atoms with van der Waals surface area (Å²) in [4.78, 5) is 25.6. The van der Waals surface area contributed by atoms with Gasteiger partial charge in [0.15, 0.2) is 0 Å². The van der Waals surface area contributed by atoms with Crippen molar-refractivity contribution >= 4 is 27.5 Å². The Morgan fingerprint density at radius 2 is 1.79 bits per heavy atom. The molecule has 0 fully saturated rings. The number of methoxy groups -OCH3 is 1. The number of nitrogens with zero attached hydrogens (tertiary/aromatic N) is 1. The highest BCUT2D eigenvalue weighted by atomic mass is 32.2. The molecule has 0 saturated heterocycles. The van der Waals surface area contributed by atoms with Crippen molar-refractivity contribution in [2.24, 2.45) is 0 Å². The van der Waals surface area contributed by atoms with Gasteiger partial charge >= 0.3 is 0 Å². The predicted molar refractivity (Wildman–Crippen MR) is 111 cm³/mol. The Balaban J connectivity index is 2.14. The van der Waals surface area contributed by atoms with Crippen LogP contribution < -0.4 is 14.8 Å². The minimum atomic E-state index is -3.89. The molecule has 0 radical (unpaired) electrons. The molecule has 0 aliphatic carbocycles. The van der Waals surface area contributed by atoms with Crippen LogP contribution in [0, 0.1) is 0 Å². The van der Waals surface area contributed by atoms with Crippen LogP contribution in [-0.2, 0) is 14.8 Å². The van der Waals surface area contributed by atoms with E-state index in [2.05, 4.69) is 10.0 Å². The second-order valence-electron chi connectivity index (χ2n) is 6.37. The Morgan fingerprint density at radius 1 is 1.10 bits per heavy atom. The van der Waals surface area contributed by atoms with Gasteiger partial charge in [-0.1, -0.05) is 13.0 Å². The number of anilines is 1. The third-order valence-electron chi connectivity index (χ3n) is 4.03. The number of ether oxygens (including phenoxy) is 1. The van der Waals surface area contributed by atoms with E-state index in [1.165, 1.54) is 43.3 Å². The summed E-state index contributed by atoms with van der Waals surface area (Å²) in [6, 6.07) is 12.1. The lowest BCUT2D eigenvalue weighted by molar-refractivity contribution is -0.121. The summed E-state index contributed by atoms with van der Waals surface area (Å²) in [7, 11) is -0.880. The fourth-order valence-corrected chi connectivity index (χ4v) is 3.60. The van der Waals surface area contributed by atoms with E-state index in [1.807, 2.05) is 6.92 Å². The van der Waals surface area contributed by atoms with Gasteiger partial charge in [0.2, 0.25) is 5.91 Å². The molecule has 0 aliphatic heterocycles. The molecule has 2 aromatic carbocycles. The summed E-state index contributed by atoms with van der Waals surface area (Å²) in [5.41, 5.74) is 0.542. The molecule has 29 heavy (non-hydrogen) atoms. The van der Waals surface area contributed by atoms with Crippen molar-refractivity contribution in [2.45, 2.75) is 18.2 Å². The number of amides is 2. The number of likely N-dealkylation sites (N-methyl/N-ethyl adjacent to an activating group) is 1. The SMILES string of the molecule is CCCNC(=O)CN(C)C(=O)c1cccc(S(=O)(=O)Nc2ccc(OC)cc2)c1. The highest BCUT2D eigenvalue weighted by Gasteiger charge is 2.19. The quantitative estimate of drug-likeness (QED) is 0.648. The first kappa shape index (κ1) is 22.2. The van der Waals surface area contributed by atoms with E-state index in [1.54, 1.807) is 24.3 Å². The molecule has 2 aromatic rings. The predicted octanol–water partition coefficient (Wildman–Crippen LogP) is 2.09. The Hall–Kier alpha value is -3.07. The first-order valence-electron chi connectivity index (χ1n) is 9.06. The standard InChI is InChI=1S/C20H25N3O5S/c1-4-12-21-19(24)14-23(2)20(25)15-6-5-7-18(13-15)29(26,27)22-16-8-10-17(28-3)11-9-16/h5-11,13,22H,4,12,14H2,1-3H3,(H,21,24). The van der Waals surface area contributed by atoms with Gasteiger partial charge in [-0.25, -0.2) is 8.42 Å². The zero-order chi connectivity index (χ0) is 21.4. The van der Waals surface area contributed by atoms with Crippen molar-refractivity contribution in [3.8, 4) is 5.75 Å². The highest BCUT2D eigenvalue weighted by Crippen LogP contribution is 2.20. The Labute approximate surface area is 170 Å². The summed E-state index contributed by atoms with van der Waals surface area (Å²) in [6.07, 6.45) is 0.796. The Morgan fingerprint density at radius 3 is 2.41 bits per heavy atom. The van der Waals surface area contributed by atoms with Crippen molar-refractivity contribution in [2.75, 3.05) is 32.0 Å². The molecular weight excluding hydrogens is 394 g/mol. The molecule has 0 spiro atoms. The number of benzene rings is 2. The summed E-state index contributed by atoms with van der Waals surface area (Å²) in [6.45, 7) is 2.35. The lowest BCUT2D eigenvalue weighted by Crippen LogP contribution is -2.38. The van der Waals surface area contributed by atoms with Crippen LogP contribution in [0.15, 0.2) is 53.4 Å². The molecule has 0 heterocycles. The van der Waals surface area contributed by atoms with Gasteiger partial charge in [-0.3, -0.25) is 14.3 Å². The fraction of sp³-hybridized carbons (Fsp3) is 0.300. The van der Waals surface area contributed by atoms with Crippen molar-refractivity contribution in [3.05, 3.63) is 54.1 Å². The van der Waals surface area contributed by atoms with E-state index < -0.39 is 15.9 Å². The summed E-state index contributed by atoms with van der Waals surface area (Å²) in [5, 5.41) is 2.69. The number of carbonyl (C=O) groups excluding carboxylic acids is 2. The van der Waals surface area contributed by atoms with Gasteiger partial charge in [0.25, 0.3) is 15.9 Å². The molecule has 0 bridgehead atoms. The van der Waals surface area contributed by atoms with Crippen LogP contribution in [0.2, 0.25) is 0 Å². The van der Waals surface area contributed by atoms with Crippen LogP contribution in [0.5, 0.6) is 5.75 Å². The third kappa shape index (κ3) is 6.21. The van der Waals surface area contributed by atoms with Gasteiger partial charge in [-0.2, -0.15) is 0 Å². The first-order chi connectivity index (χ1) is 13.8. The maximum Gasteiger partial charge on any atom is 0.261 e. The molecule has 2 rings (SSSR count). The summed E-state index contributed by atoms with van der Waals surface area (Å²) < 4.78 is 32.8. The molecule has 9 heteroatoms. The highest BCUT2D eigenvalue weighted by molar-refractivity contribution is 7.92. The minimum absolute atomic E-state index is 0.0528. The Bertz CT molecular complexity index is 958. The van der Waals surface area contributed by atoms with Crippen molar-refractivity contribution in [3.63, 3.8) is 0 Å². The topological polar surface area (TPSA) is 105 Å². The molecule has 0 unspecified atom stereocenters. The number of nitrogens with one attached hydrogen (secondary N) is 2. The molecule has 0 aromatic heterocycles. The van der Waals surface area contributed by atoms with Crippen molar-refractivity contribution in [1.29, 1.82) is 0 Å². The van der Waals surface area contributed by atoms with Gasteiger partial charge in [0.05, 0.1) is 18.6 Å². The molecule has 0 atom stereocenters. The van der Waals surface area contributed by atoms with Crippen LogP contribution >= 0.6 is 0 Å². The van der Waals surface area contributed by atoms with Crippen molar-refractivity contribution < 1.29 is 22.7 Å². The fourth-order valence-electron chi connectivity index (χ4n) is 2.50. The zero-order valence-electron chi connectivity index (χ0n) is 16.6. The minimum Gasteiger partial charge on any atom is -0.497 e. The Kier molecular flexibility index (Phi) is 7.60. The van der Waals surface area contributed by atoms with Gasteiger partial charge in [-0.15, -0.1) is 0 Å². The largest absolute Gasteiger partial charge is 0.497 e. The second kappa shape index (κ2) is 9.92. The second-order valence-corrected chi connectivity index (χ2v) is 8.06. The molecule has 0 saturated carbocycles. The normalized spacial score (nSPS) is 10.9. The molecular formula is C20H25N3O5S. The van der Waals surface area contributed by atoms with Gasteiger partial charge in [0.1, 0.15) is 5.75 Å². The molecule has 2 N–H and O–H groups in total. The number of rotatable bonds is 9. The average molecular weight is 420 g/mol. The van der Waals surface area contributed by atoms with Gasteiger partial charge < -0.3 is 15.0 Å². The van der Waals surface area contributed by atoms with Crippen LogP contribution in [0.1, 0.15) is 23.7 Å². The molecule has 2 amide bonds. The first-order valence-corrected chi connectivity index (χ1v) is 10.5. The monoisotopic (exact) mass is 419 g/mol. The lowest BCUT2D eigenvalue weighted by atomic mass is 10.2. The molecule has 8 nitrogen and oxygen atoms in total. The number of sulfonamides is 1. The van der Waals surface area contributed by atoms with E-state index in [4.69, 9.17) is 4.74 Å². The maximum absolute atomic E-state index is 12.7. The lowest BCUT2D eigenvalue weighted by Gasteiger charge is -2.17. The third-order valence-corrected chi connectivity index (χ3v) is 5.41. The zero-order valence-corrected chi connectivity index (χ0v) is 17.5. The van der Waals surface area contributed by atoms with Crippen LogP contribution in [0.4, 0.5) is 5.69 Å². The van der Waals surface area contributed by atoms with Crippen LogP contribution in [-0.4, -0.2) is 52.4 Å². The number of hydrogen-bond donors (Lipinski definition) is 2. The number of hydrogen-bond acceptors (Lipinski definition) is 5. The van der Waals surface area contributed by atoms with E-state index in [0.29, 0.717) is 18.0 Å². The van der Waals surface area contributed by atoms with Gasteiger partial charge in [0, 0.05) is 24.8 Å². The van der Waals surface area contributed by atoms with Crippen molar-refractivity contribution in [1.82, 2.24) is 10.2 Å². The van der Waals surface area contributed by atoms with Gasteiger partial charge in [-0.05, 0) is 48.9 Å². The smallest absolute Gasteiger partial charge is 0.261 e. The maximum atomic E-state index is 12.7. The van der Waals surface area contributed by atoms with E-state index >= 15 is 0 Å². The average Bonchev–Trinajstić information content (AvgIpc) is 2.72. The van der Waals surface area contributed by atoms with E-state index in [0.717, 1.165) is 6.42 Å². The molecule has 156 valence electrons. The summed E-state index contributed by atoms with van der Waals surface area (Å²) in [5.74, 6) is -0.114. The molecule has 0 aliphatic rings. The van der Waals surface area contributed by atoms with Crippen LogP contribution in [0.3, 0.4) is 0 Å². The van der Waals surface area contributed by atoms with Crippen LogP contribution in [0.25, 0.3) is 0 Å². The summed E-state index contributed by atoms with van der Waals surface area (Å²) >= 11 is 0.